The molecule has 0 aliphatic carbocycles. The fraction of sp³-hybridized carbons (Fsp3) is 0.710. The number of nitrogens with one attached hydrogen (secondary N) is 2. The standard InChI is InChI=1S/C29H49FN2O6.C2H6/c1-9-19(3)21(5)26(37-7)17-24(12-11-15-31-18-33)27(38-8)22(6)28(34)32-25(29(35)36)16-23(10-2)14-13-20(4)30;1-2/h10,13-14,18-19,21-22,24-27H,2,9,11-12,15-17H2,1,3-8H3,(H,31,33)(H,32,34)(H,35,36);1-2H3/b20-13+,23-14+;. The van der Waals surface area contributed by atoms with E-state index in [4.69, 9.17) is 9.47 Å². The number of hydrogen-bond donors (Lipinski definition) is 3. The summed E-state index contributed by atoms with van der Waals surface area (Å²) >= 11 is 0. The van der Waals surface area contributed by atoms with Crippen LogP contribution in [0.25, 0.3) is 0 Å². The average molecular weight is 571 g/mol. The summed E-state index contributed by atoms with van der Waals surface area (Å²) in [6, 6.07) is -1.22. The molecule has 0 fully saturated rings. The average Bonchev–Trinajstić information content (AvgIpc) is 2.95. The molecule has 2 amide bonds. The van der Waals surface area contributed by atoms with Gasteiger partial charge in [0, 0.05) is 27.2 Å². The molecule has 0 heterocycles. The van der Waals surface area contributed by atoms with Crippen LogP contribution < -0.4 is 10.6 Å². The summed E-state index contributed by atoms with van der Waals surface area (Å²) in [5, 5.41) is 15.0. The minimum Gasteiger partial charge on any atom is -0.480 e. The molecule has 0 radical (unpaired) electrons. The van der Waals surface area contributed by atoms with Gasteiger partial charge in [-0.1, -0.05) is 66.7 Å². The van der Waals surface area contributed by atoms with E-state index in [0.29, 0.717) is 43.7 Å². The zero-order chi connectivity index (χ0) is 31.3. The summed E-state index contributed by atoms with van der Waals surface area (Å²) in [5.41, 5.74) is 0.480. The van der Waals surface area contributed by atoms with Crippen LogP contribution in [0.1, 0.15) is 80.6 Å². The van der Waals surface area contributed by atoms with Gasteiger partial charge in [-0.2, -0.15) is 0 Å². The first-order valence-corrected chi connectivity index (χ1v) is 14.4. The predicted molar refractivity (Wildman–Crippen MR) is 159 cm³/mol. The highest BCUT2D eigenvalue weighted by atomic mass is 19.1. The Labute approximate surface area is 241 Å². The summed E-state index contributed by atoms with van der Waals surface area (Å²) in [5.74, 6) is -2.09. The summed E-state index contributed by atoms with van der Waals surface area (Å²) in [6.45, 7) is 17.6. The molecule has 3 N–H and O–H groups in total. The lowest BCUT2D eigenvalue weighted by atomic mass is 9.79. The third-order valence-corrected chi connectivity index (χ3v) is 7.43. The Balaban J connectivity index is 0. The molecule has 232 valence electrons. The van der Waals surface area contributed by atoms with Crippen LogP contribution in [0, 0.1) is 23.7 Å². The van der Waals surface area contributed by atoms with Crippen LogP contribution in [0.2, 0.25) is 0 Å². The fourth-order valence-electron chi connectivity index (χ4n) is 4.64. The molecule has 0 aromatic rings. The molecular weight excluding hydrogens is 515 g/mol. The van der Waals surface area contributed by atoms with Gasteiger partial charge in [0.05, 0.1) is 24.0 Å². The molecule has 0 rings (SSSR count). The third kappa shape index (κ3) is 15.3. The molecule has 7 atom stereocenters. The summed E-state index contributed by atoms with van der Waals surface area (Å²) < 4.78 is 24.8. The zero-order valence-corrected chi connectivity index (χ0v) is 26.2. The smallest absolute Gasteiger partial charge is 0.326 e. The van der Waals surface area contributed by atoms with Crippen molar-refractivity contribution in [2.24, 2.45) is 23.7 Å². The quantitative estimate of drug-likeness (QED) is 0.0908. The number of halogens is 1. The van der Waals surface area contributed by atoms with Crippen LogP contribution in [0.4, 0.5) is 4.39 Å². The molecule has 0 saturated carbocycles. The Bertz CT molecular complexity index is 797. The topological polar surface area (TPSA) is 114 Å². The maximum atomic E-state index is 13.3. The highest BCUT2D eigenvalue weighted by Crippen LogP contribution is 2.31. The van der Waals surface area contributed by atoms with E-state index in [-0.39, 0.29) is 24.4 Å². The number of aliphatic carboxylic acids is 1. The van der Waals surface area contributed by atoms with E-state index in [9.17, 15) is 23.9 Å². The van der Waals surface area contributed by atoms with Crippen molar-refractivity contribution in [3.8, 4) is 0 Å². The van der Waals surface area contributed by atoms with Crippen LogP contribution >= 0.6 is 0 Å². The first-order chi connectivity index (χ1) is 19.0. The Morgan fingerprint density at radius 2 is 1.73 bits per heavy atom. The number of amides is 2. The van der Waals surface area contributed by atoms with Crippen LogP contribution in [0.3, 0.4) is 0 Å². The van der Waals surface area contributed by atoms with Crippen molar-refractivity contribution < 1.29 is 33.4 Å². The van der Waals surface area contributed by atoms with Gasteiger partial charge in [0.1, 0.15) is 6.04 Å². The molecule has 0 aliphatic rings. The van der Waals surface area contributed by atoms with Gasteiger partial charge in [0.2, 0.25) is 12.3 Å². The molecule has 7 unspecified atom stereocenters. The normalized spacial score (nSPS) is 17.1. The van der Waals surface area contributed by atoms with Crippen molar-refractivity contribution in [2.75, 3.05) is 20.8 Å². The first kappa shape index (κ1) is 39.6. The van der Waals surface area contributed by atoms with E-state index in [1.807, 2.05) is 13.8 Å². The van der Waals surface area contributed by atoms with Crippen molar-refractivity contribution in [3.05, 3.63) is 36.2 Å². The molecule has 0 spiro atoms. The lowest BCUT2D eigenvalue weighted by molar-refractivity contribution is -0.144. The van der Waals surface area contributed by atoms with E-state index in [0.717, 1.165) is 6.42 Å². The van der Waals surface area contributed by atoms with E-state index < -0.39 is 35.8 Å². The minimum absolute atomic E-state index is 0.0440. The number of allylic oxidation sites excluding steroid dienone is 4. The van der Waals surface area contributed by atoms with Gasteiger partial charge in [-0.05, 0) is 55.6 Å². The maximum Gasteiger partial charge on any atom is 0.326 e. The number of ether oxygens (including phenoxy) is 2. The van der Waals surface area contributed by atoms with Gasteiger partial charge in [-0.25, -0.2) is 9.18 Å². The van der Waals surface area contributed by atoms with Crippen molar-refractivity contribution in [1.29, 1.82) is 0 Å². The second-order valence-electron chi connectivity index (χ2n) is 10.0. The number of carbonyl (C=O) groups is 3. The maximum absolute atomic E-state index is 13.3. The van der Waals surface area contributed by atoms with E-state index >= 15 is 0 Å². The lowest BCUT2D eigenvalue weighted by Gasteiger charge is -2.35. The van der Waals surface area contributed by atoms with Crippen LogP contribution in [-0.2, 0) is 23.9 Å². The largest absolute Gasteiger partial charge is 0.480 e. The Morgan fingerprint density at radius 3 is 2.17 bits per heavy atom. The van der Waals surface area contributed by atoms with E-state index in [1.165, 1.54) is 25.2 Å². The summed E-state index contributed by atoms with van der Waals surface area (Å²) in [6.07, 6.45) is 7.20. The van der Waals surface area contributed by atoms with Crippen molar-refractivity contribution in [3.63, 3.8) is 0 Å². The SMILES string of the molecule is C=C/C(=C\C=C(/C)F)CC(NC(=O)C(C)C(OC)C(CCCNC=O)CC(OC)C(C)C(C)CC)C(=O)O.CC. The van der Waals surface area contributed by atoms with Crippen LogP contribution in [-0.4, -0.2) is 62.4 Å². The number of carboxylic acid groups (broad SMARTS) is 1. The van der Waals surface area contributed by atoms with Crippen molar-refractivity contribution in [2.45, 2.75) is 98.8 Å². The number of methoxy groups -OCH3 is 2. The van der Waals surface area contributed by atoms with Crippen molar-refractivity contribution in [1.82, 2.24) is 10.6 Å². The molecular formula is C31H55FN2O6. The molecule has 0 aromatic carbocycles. The number of hydrogen-bond acceptors (Lipinski definition) is 5. The summed E-state index contributed by atoms with van der Waals surface area (Å²) in [7, 11) is 3.23. The Kier molecular flexibility index (Phi) is 23.0. The van der Waals surface area contributed by atoms with E-state index in [2.05, 4.69) is 38.0 Å². The molecule has 8 nitrogen and oxygen atoms in total. The first-order valence-electron chi connectivity index (χ1n) is 14.4. The van der Waals surface area contributed by atoms with Crippen LogP contribution in [0.15, 0.2) is 36.2 Å². The van der Waals surface area contributed by atoms with Gasteiger partial charge in [-0.3, -0.25) is 9.59 Å². The number of carboxylic acids is 1. The Morgan fingerprint density at radius 1 is 1.10 bits per heavy atom. The van der Waals surface area contributed by atoms with E-state index in [1.54, 1.807) is 21.1 Å². The predicted octanol–water partition coefficient (Wildman–Crippen LogP) is 5.84. The fourth-order valence-corrected chi connectivity index (χ4v) is 4.64. The molecule has 0 aliphatic heterocycles. The monoisotopic (exact) mass is 570 g/mol. The van der Waals surface area contributed by atoms with Gasteiger partial charge >= 0.3 is 5.97 Å². The highest BCUT2D eigenvalue weighted by Gasteiger charge is 2.36. The number of carbonyl (C=O) groups excluding carboxylic acids is 2. The van der Waals surface area contributed by atoms with Gasteiger partial charge in [0.15, 0.2) is 0 Å². The molecule has 0 saturated heterocycles. The third-order valence-electron chi connectivity index (χ3n) is 7.43. The van der Waals surface area contributed by atoms with Gasteiger partial charge < -0.3 is 25.2 Å². The second kappa shape index (κ2) is 23.2. The molecule has 0 bridgehead atoms. The molecule has 0 aromatic heterocycles. The summed E-state index contributed by atoms with van der Waals surface area (Å²) in [4.78, 5) is 35.9. The highest BCUT2D eigenvalue weighted by molar-refractivity contribution is 5.85. The van der Waals surface area contributed by atoms with Gasteiger partial charge in [-0.15, -0.1) is 0 Å². The molecule has 40 heavy (non-hydrogen) atoms. The lowest BCUT2D eigenvalue weighted by Crippen LogP contribution is -2.48. The second-order valence-corrected chi connectivity index (χ2v) is 10.0. The minimum atomic E-state index is -1.22. The van der Waals surface area contributed by atoms with Crippen LogP contribution in [0.5, 0.6) is 0 Å². The zero-order valence-electron chi connectivity index (χ0n) is 26.2. The van der Waals surface area contributed by atoms with Gasteiger partial charge in [0.25, 0.3) is 0 Å². The Hall–Kier alpha value is -2.52. The molecule has 9 heteroatoms. The van der Waals surface area contributed by atoms with Crippen molar-refractivity contribution >= 4 is 18.3 Å². The number of rotatable bonds is 21.